The molecule has 0 saturated carbocycles. The lowest BCUT2D eigenvalue weighted by Crippen LogP contribution is -2.28. The van der Waals surface area contributed by atoms with Crippen molar-refractivity contribution in [1.29, 1.82) is 5.26 Å². The van der Waals surface area contributed by atoms with Gasteiger partial charge in [0.25, 0.3) is 0 Å². The summed E-state index contributed by atoms with van der Waals surface area (Å²) in [4.78, 5) is 36.5. The molecule has 1 amide bonds. The number of esters is 1. The summed E-state index contributed by atoms with van der Waals surface area (Å²) in [5.74, 6) is -1.05. The number of nitrogens with one attached hydrogen (secondary N) is 1. The Labute approximate surface area is 180 Å². The van der Waals surface area contributed by atoms with Gasteiger partial charge in [-0.25, -0.2) is 0 Å². The second-order valence-electron chi connectivity index (χ2n) is 7.01. The van der Waals surface area contributed by atoms with Crippen LogP contribution in [0.1, 0.15) is 28.8 Å². The van der Waals surface area contributed by atoms with Gasteiger partial charge in [-0.05, 0) is 11.6 Å². The van der Waals surface area contributed by atoms with E-state index >= 15 is 0 Å². The fourth-order valence-corrected chi connectivity index (χ4v) is 3.27. The summed E-state index contributed by atoms with van der Waals surface area (Å²) in [5, 5.41) is 12.3. The zero-order valence-corrected chi connectivity index (χ0v) is 17.0. The van der Waals surface area contributed by atoms with Crippen molar-refractivity contribution in [3.8, 4) is 6.07 Å². The molecule has 158 valence electrons. The number of nitrogens with zero attached hydrogens (tertiary/aromatic N) is 2. The van der Waals surface area contributed by atoms with E-state index in [2.05, 4.69) is 11.4 Å². The number of benzene rings is 2. The Bertz CT molecular complexity index is 1110. The van der Waals surface area contributed by atoms with E-state index < -0.39 is 5.97 Å². The van der Waals surface area contributed by atoms with Crippen LogP contribution in [0.5, 0.6) is 0 Å². The number of amides is 1. The summed E-state index contributed by atoms with van der Waals surface area (Å²) in [5.41, 5.74) is 2.20. The molecule has 1 N–H and O–H groups in total. The SMILES string of the molecule is N#CCCn1cc(C(=O)COC(=O)CCNC(=O)Cc2ccccc2)c2ccccc21. The number of hydrogen-bond donors (Lipinski definition) is 1. The average Bonchev–Trinajstić information content (AvgIpc) is 3.15. The highest BCUT2D eigenvalue weighted by atomic mass is 16.5. The van der Waals surface area contributed by atoms with Gasteiger partial charge < -0.3 is 14.6 Å². The number of carbonyl (C=O) groups is 3. The first-order chi connectivity index (χ1) is 15.1. The van der Waals surface area contributed by atoms with E-state index in [0.29, 0.717) is 18.5 Å². The molecule has 2 aromatic carbocycles. The molecule has 0 atom stereocenters. The second kappa shape index (κ2) is 10.7. The van der Waals surface area contributed by atoms with E-state index in [1.165, 1.54) is 0 Å². The number of fused-ring (bicyclic) bond motifs is 1. The minimum atomic E-state index is -0.554. The van der Waals surface area contributed by atoms with Gasteiger partial charge in [0, 0.05) is 35.8 Å². The number of Topliss-reactive ketones (excluding diaryl/α,β-unsaturated/α-hetero) is 1. The standard InChI is InChI=1S/C24H23N3O4/c25-12-6-14-27-16-20(19-9-4-5-10-21(19)27)22(28)17-31-24(30)11-13-26-23(29)15-18-7-2-1-3-8-18/h1-5,7-10,16H,6,11,13-15,17H2,(H,26,29). The molecular formula is C24H23N3O4. The predicted molar refractivity (Wildman–Crippen MR) is 115 cm³/mol. The van der Waals surface area contributed by atoms with Gasteiger partial charge in [-0.15, -0.1) is 0 Å². The molecule has 7 nitrogen and oxygen atoms in total. The molecule has 3 aromatic rings. The molecule has 7 heteroatoms. The number of carbonyl (C=O) groups excluding carboxylic acids is 3. The van der Waals surface area contributed by atoms with E-state index in [4.69, 9.17) is 10.00 Å². The number of rotatable bonds is 10. The molecule has 0 aliphatic heterocycles. The Morgan fingerprint density at radius 2 is 1.77 bits per heavy atom. The van der Waals surface area contributed by atoms with E-state index in [9.17, 15) is 14.4 Å². The summed E-state index contributed by atoms with van der Waals surface area (Å²) in [7, 11) is 0. The van der Waals surface area contributed by atoms with Crippen LogP contribution >= 0.6 is 0 Å². The minimum Gasteiger partial charge on any atom is -0.457 e. The Kier molecular flexibility index (Phi) is 7.55. The molecule has 0 aliphatic carbocycles. The van der Waals surface area contributed by atoms with Gasteiger partial charge in [-0.1, -0.05) is 48.5 Å². The number of ketones is 1. The van der Waals surface area contributed by atoms with Gasteiger partial charge in [-0.2, -0.15) is 5.26 Å². The molecule has 0 bridgehead atoms. The van der Waals surface area contributed by atoms with E-state index in [-0.39, 0.29) is 37.7 Å². The van der Waals surface area contributed by atoms with Crippen LogP contribution in [0.3, 0.4) is 0 Å². The predicted octanol–water partition coefficient (Wildman–Crippen LogP) is 3.03. The highest BCUT2D eigenvalue weighted by Crippen LogP contribution is 2.22. The highest BCUT2D eigenvalue weighted by Gasteiger charge is 2.16. The van der Waals surface area contributed by atoms with Gasteiger partial charge in [0.1, 0.15) is 0 Å². The van der Waals surface area contributed by atoms with Gasteiger partial charge in [0.2, 0.25) is 11.7 Å². The summed E-state index contributed by atoms with van der Waals surface area (Å²) in [6, 6.07) is 18.8. The smallest absolute Gasteiger partial charge is 0.308 e. The molecular weight excluding hydrogens is 394 g/mol. The van der Waals surface area contributed by atoms with Crippen molar-refractivity contribution < 1.29 is 19.1 Å². The highest BCUT2D eigenvalue weighted by molar-refractivity contribution is 6.09. The quantitative estimate of drug-likeness (QED) is 0.404. The van der Waals surface area contributed by atoms with Crippen LogP contribution in [-0.2, 0) is 27.3 Å². The van der Waals surface area contributed by atoms with E-state index in [0.717, 1.165) is 16.5 Å². The van der Waals surface area contributed by atoms with Crippen LogP contribution in [0.2, 0.25) is 0 Å². The fourth-order valence-electron chi connectivity index (χ4n) is 3.27. The molecule has 31 heavy (non-hydrogen) atoms. The molecule has 1 aromatic heterocycles. The van der Waals surface area contributed by atoms with Crippen LogP contribution < -0.4 is 5.32 Å². The summed E-state index contributed by atoms with van der Waals surface area (Å²) in [6.07, 6.45) is 2.25. The zero-order chi connectivity index (χ0) is 22.1. The Morgan fingerprint density at radius 1 is 1.03 bits per heavy atom. The maximum Gasteiger partial charge on any atom is 0.308 e. The number of para-hydroxylation sites is 1. The molecule has 0 saturated heterocycles. The van der Waals surface area contributed by atoms with Crippen LogP contribution in [0.4, 0.5) is 0 Å². The lowest BCUT2D eigenvalue weighted by molar-refractivity contribution is -0.142. The van der Waals surface area contributed by atoms with Crippen LogP contribution in [-0.4, -0.2) is 35.4 Å². The van der Waals surface area contributed by atoms with Gasteiger partial charge in [0.15, 0.2) is 6.61 Å². The Morgan fingerprint density at radius 3 is 2.55 bits per heavy atom. The first-order valence-corrected chi connectivity index (χ1v) is 10.0. The average molecular weight is 417 g/mol. The molecule has 3 rings (SSSR count). The summed E-state index contributed by atoms with van der Waals surface area (Å²) < 4.78 is 6.95. The third kappa shape index (κ3) is 6.03. The van der Waals surface area contributed by atoms with Gasteiger partial charge in [-0.3, -0.25) is 14.4 Å². The lowest BCUT2D eigenvalue weighted by Gasteiger charge is -2.06. The van der Waals surface area contributed by atoms with Crippen molar-refractivity contribution in [3.05, 3.63) is 71.9 Å². The topological polar surface area (TPSA) is 101 Å². The van der Waals surface area contributed by atoms with Gasteiger partial charge >= 0.3 is 5.97 Å². The first kappa shape index (κ1) is 21.8. The Hall–Kier alpha value is -3.92. The largest absolute Gasteiger partial charge is 0.457 e. The fraction of sp³-hybridized carbons (Fsp3) is 0.250. The maximum absolute atomic E-state index is 12.6. The van der Waals surface area contributed by atoms with E-state index in [1.54, 1.807) is 6.20 Å². The number of hydrogen-bond acceptors (Lipinski definition) is 5. The maximum atomic E-state index is 12.6. The van der Waals surface area contributed by atoms with Crippen molar-refractivity contribution in [1.82, 2.24) is 9.88 Å². The third-order valence-electron chi connectivity index (χ3n) is 4.78. The minimum absolute atomic E-state index is 0.0161. The number of nitriles is 1. The zero-order valence-electron chi connectivity index (χ0n) is 17.0. The third-order valence-corrected chi connectivity index (χ3v) is 4.78. The van der Waals surface area contributed by atoms with Crippen molar-refractivity contribution in [2.75, 3.05) is 13.2 Å². The molecule has 0 spiro atoms. The van der Waals surface area contributed by atoms with Crippen molar-refractivity contribution in [3.63, 3.8) is 0 Å². The normalized spacial score (nSPS) is 10.4. The summed E-state index contributed by atoms with van der Waals surface area (Å²) >= 11 is 0. The monoisotopic (exact) mass is 417 g/mol. The number of aryl methyl sites for hydroxylation is 1. The van der Waals surface area contributed by atoms with Crippen molar-refractivity contribution in [2.24, 2.45) is 0 Å². The number of aromatic nitrogens is 1. The molecule has 0 aliphatic rings. The molecule has 1 heterocycles. The Balaban J connectivity index is 1.48. The first-order valence-electron chi connectivity index (χ1n) is 10.0. The van der Waals surface area contributed by atoms with Crippen LogP contribution in [0, 0.1) is 11.3 Å². The second-order valence-corrected chi connectivity index (χ2v) is 7.01. The van der Waals surface area contributed by atoms with Crippen LogP contribution in [0.25, 0.3) is 10.9 Å². The van der Waals surface area contributed by atoms with E-state index in [1.807, 2.05) is 59.2 Å². The number of ether oxygens (including phenoxy) is 1. The van der Waals surface area contributed by atoms with Crippen LogP contribution in [0.15, 0.2) is 60.8 Å². The van der Waals surface area contributed by atoms with Gasteiger partial charge in [0.05, 0.1) is 25.3 Å². The van der Waals surface area contributed by atoms with Crippen molar-refractivity contribution in [2.45, 2.75) is 25.8 Å². The lowest BCUT2D eigenvalue weighted by atomic mass is 10.1. The van der Waals surface area contributed by atoms with Crippen molar-refractivity contribution >= 4 is 28.6 Å². The molecule has 0 fully saturated rings. The molecule has 0 unspecified atom stereocenters. The summed E-state index contributed by atoms with van der Waals surface area (Å²) in [6.45, 7) is 0.252. The molecule has 0 radical (unpaired) electrons.